The average Bonchev–Trinajstić information content (AvgIpc) is 3.26. The molecule has 0 atom stereocenters. The van der Waals surface area contributed by atoms with E-state index in [0.29, 0.717) is 31.9 Å². The van der Waals surface area contributed by atoms with Gasteiger partial charge in [-0.1, -0.05) is 0 Å². The van der Waals surface area contributed by atoms with E-state index < -0.39 is 0 Å². The van der Waals surface area contributed by atoms with Crippen LogP contribution < -0.4 is 5.32 Å². The highest BCUT2D eigenvalue weighted by atomic mass is 16.5. The first kappa shape index (κ1) is 14.8. The van der Waals surface area contributed by atoms with Gasteiger partial charge in [-0.2, -0.15) is 0 Å². The number of hydrogen-bond donors (Lipinski definition) is 1. The van der Waals surface area contributed by atoms with E-state index >= 15 is 0 Å². The van der Waals surface area contributed by atoms with E-state index in [4.69, 9.17) is 9.47 Å². The van der Waals surface area contributed by atoms with Gasteiger partial charge in [0.2, 0.25) is 5.91 Å². The molecule has 1 saturated carbocycles. The van der Waals surface area contributed by atoms with Gasteiger partial charge in [0, 0.05) is 25.7 Å². The molecule has 2 rings (SSSR count). The quantitative estimate of drug-likeness (QED) is 0.662. The summed E-state index contributed by atoms with van der Waals surface area (Å²) in [6.07, 6.45) is 4.63. The lowest BCUT2D eigenvalue weighted by atomic mass is 10.1. The van der Waals surface area contributed by atoms with Gasteiger partial charge in [-0.05, 0) is 32.6 Å². The predicted molar refractivity (Wildman–Crippen MR) is 73.1 cm³/mol. The fraction of sp³-hybridized carbons (Fsp3) is 0.929. The summed E-state index contributed by atoms with van der Waals surface area (Å²) in [6.45, 7) is 6.20. The van der Waals surface area contributed by atoms with Crippen LogP contribution in [0.25, 0.3) is 0 Å². The number of carbonyl (C=O) groups excluding carboxylic acids is 1. The van der Waals surface area contributed by atoms with E-state index in [0.717, 1.165) is 32.5 Å². The molecule has 110 valence electrons. The van der Waals surface area contributed by atoms with Crippen molar-refractivity contribution in [1.29, 1.82) is 0 Å². The van der Waals surface area contributed by atoms with Crippen LogP contribution in [0.15, 0.2) is 0 Å². The van der Waals surface area contributed by atoms with Crippen molar-refractivity contribution in [2.24, 2.45) is 0 Å². The lowest BCUT2D eigenvalue weighted by Crippen LogP contribution is -2.45. The first-order valence-electron chi connectivity index (χ1n) is 7.50. The van der Waals surface area contributed by atoms with Crippen LogP contribution in [-0.4, -0.2) is 62.4 Å². The molecule has 1 aliphatic carbocycles. The molecule has 1 amide bonds. The molecule has 0 bridgehead atoms. The Morgan fingerprint density at radius 1 is 1.21 bits per heavy atom. The van der Waals surface area contributed by atoms with E-state index in [9.17, 15) is 4.79 Å². The Labute approximate surface area is 115 Å². The van der Waals surface area contributed by atoms with E-state index in [-0.39, 0.29) is 5.91 Å². The second kappa shape index (κ2) is 7.82. The largest absolute Gasteiger partial charge is 0.379 e. The molecule has 1 aliphatic heterocycles. The number of ether oxygens (including phenoxy) is 2. The summed E-state index contributed by atoms with van der Waals surface area (Å²) in [7, 11) is 0. The SMILES string of the molecule is CCOCCOC1CCN(C(=O)CNC2CC2)CC1. The number of carbonyl (C=O) groups is 1. The van der Waals surface area contributed by atoms with Crippen molar-refractivity contribution in [2.45, 2.75) is 44.8 Å². The van der Waals surface area contributed by atoms with Gasteiger partial charge in [0.15, 0.2) is 0 Å². The second-order valence-electron chi connectivity index (χ2n) is 5.30. The van der Waals surface area contributed by atoms with Crippen LogP contribution in [0, 0.1) is 0 Å². The van der Waals surface area contributed by atoms with Crippen LogP contribution in [0.5, 0.6) is 0 Å². The molecule has 1 saturated heterocycles. The minimum atomic E-state index is 0.236. The summed E-state index contributed by atoms with van der Waals surface area (Å²) in [5.41, 5.74) is 0. The van der Waals surface area contributed by atoms with Crippen LogP contribution in [0.1, 0.15) is 32.6 Å². The summed E-state index contributed by atoms with van der Waals surface area (Å²) < 4.78 is 11.0. The van der Waals surface area contributed by atoms with E-state index in [1.807, 2.05) is 11.8 Å². The Kier molecular flexibility index (Phi) is 6.07. The molecule has 1 heterocycles. The van der Waals surface area contributed by atoms with Gasteiger partial charge in [0.25, 0.3) is 0 Å². The van der Waals surface area contributed by atoms with Gasteiger partial charge >= 0.3 is 0 Å². The fourth-order valence-electron chi connectivity index (χ4n) is 2.32. The molecule has 0 spiro atoms. The predicted octanol–water partition coefficient (Wildman–Crippen LogP) is 0.783. The minimum absolute atomic E-state index is 0.236. The highest BCUT2D eigenvalue weighted by molar-refractivity contribution is 5.78. The number of hydrogen-bond acceptors (Lipinski definition) is 4. The zero-order valence-corrected chi connectivity index (χ0v) is 11.9. The number of nitrogens with one attached hydrogen (secondary N) is 1. The summed E-state index contributed by atoms with van der Waals surface area (Å²) in [5, 5.41) is 3.27. The molecule has 0 aromatic rings. The van der Waals surface area contributed by atoms with Gasteiger partial charge in [0.05, 0.1) is 25.9 Å². The molecule has 2 aliphatic rings. The molecule has 0 aromatic carbocycles. The zero-order chi connectivity index (χ0) is 13.5. The van der Waals surface area contributed by atoms with Crippen molar-refractivity contribution in [3.8, 4) is 0 Å². The monoisotopic (exact) mass is 270 g/mol. The Morgan fingerprint density at radius 2 is 1.95 bits per heavy atom. The maximum atomic E-state index is 11.9. The Balaban J connectivity index is 1.54. The Hall–Kier alpha value is -0.650. The van der Waals surface area contributed by atoms with Gasteiger partial charge < -0.3 is 19.7 Å². The molecule has 0 unspecified atom stereocenters. The van der Waals surface area contributed by atoms with Crippen molar-refractivity contribution in [2.75, 3.05) is 39.5 Å². The van der Waals surface area contributed by atoms with Crippen molar-refractivity contribution in [3.63, 3.8) is 0 Å². The normalized spacial score (nSPS) is 20.8. The maximum Gasteiger partial charge on any atom is 0.236 e. The van der Waals surface area contributed by atoms with Crippen LogP contribution in [-0.2, 0) is 14.3 Å². The zero-order valence-electron chi connectivity index (χ0n) is 11.9. The molecular formula is C14H26N2O3. The number of piperidine rings is 1. The highest BCUT2D eigenvalue weighted by Gasteiger charge is 2.25. The summed E-state index contributed by atoms with van der Waals surface area (Å²) >= 11 is 0. The first-order valence-corrected chi connectivity index (χ1v) is 7.50. The average molecular weight is 270 g/mol. The van der Waals surface area contributed by atoms with Crippen LogP contribution in [0.2, 0.25) is 0 Å². The first-order chi connectivity index (χ1) is 9.29. The van der Waals surface area contributed by atoms with Gasteiger partial charge in [-0.3, -0.25) is 4.79 Å². The molecule has 19 heavy (non-hydrogen) atoms. The molecule has 1 N–H and O–H groups in total. The van der Waals surface area contributed by atoms with Gasteiger partial charge in [-0.15, -0.1) is 0 Å². The minimum Gasteiger partial charge on any atom is -0.379 e. The molecule has 0 radical (unpaired) electrons. The van der Waals surface area contributed by atoms with Crippen molar-refractivity contribution < 1.29 is 14.3 Å². The van der Waals surface area contributed by atoms with Crippen molar-refractivity contribution in [3.05, 3.63) is 0 Å². The maximum absolute atomic E-state index is 11.9. The topological polar surface area (TPSA) is 50.8 Å². The summed E-state index contributed by atoms with van der Waals surface area (Å²) in [5.74, 6) is 0.236. The molecule has 2 fully saturated rings. The highest BCUT2D eigenvalue weighted by Crippen LogP contribution is 2.18. The van der Waals surface area contributed by atoms with E-state index in [1.165, 1.54) is 12.8 Å². The third-order valence-electron chi connectivity index (χ3n) is 3.70. The number of nitrogens with zero attached hydrogens (tertiary/aromatic N) is 1. The lowest BCUT2D eigenvalue weighted by Gasteiger charge is -2.32. The molecular weight excluding hydrogens is 244 g/mol. The van der Waals surface area contributed by atoms with Gasteiger partial charge in [-0.25, -0.2) is 0 Å². The smallest absolute Gasteiger partial charge is 0.236 e. The van der Waals surface area contributed by atoms with Gasteiger partial charge in [0.1, 0.15) is 0 Å². The van der Waals surface area contributed by atoms with E-state index in [2.05, 4.69) is 5.32 Å². The Bertz CT molecular complexity index is 274. The van der Waals surface area contributed by atoms with Crippen molar-refractivity contribution in [1.82, 2.24) is 10.2 Å². The summed E-state index contributed by atoms with van der Waals surface area (Å²) in [6, 6.07) is 0.600. The fourth-order valence-corrected chi connectivity index (χ4v) is 2.32. The van der Waals surface area contributed by atoms with Crippen LogP contribution >= 0.6 is 0 Å². The third kappa shape index (κ3) is 5.47. The lowest BCUT2D eigenvalue weighted by molar-refractivity contribution is -0.133. The summed E-state index contributed by atoms with van der Waals surface area (Å²) in [4.78, 5) is 13.9. The third-order valence-corrected chi connectivity index (χ3v) is 3.70. The Morgan fingerprint density at radius 3 is 2.58 bits per heavy atom. The van der Waals surface area contributed by atoms with Crippen LogP contribution in [0.3, 0.4) is 0 Å². The number of likely N-dealkylation sites (tertiary alicyclic amines) is 1. The van der Waals surface area contributed by atoms with E-state index in [1.54, 1.807) is 0 Å². The molecule has 0 aromatic heterocycles. The second-order valence-corrected chi connectivity index (χ2v) is 5.30. The van der Waals surface area contributed by atoms with Crippen molar-refractivity contribution >= 4 is 5.91 Å². The number of amides is 1. The standard InChI is InChI=1S/C14H26N2O3/c1-2-18-9-10-19-13-5-7-16(8-6-13)14(17)11-15-12-3-4-12/h12-13,15H,2-11H2,1H3. The molecule has 5 heteroatoms. The van der Waals surface area contributed by atoms with Crippen LogP contribution in [0.4, 0.5) is 0 Å². The molecule has 5 nitrogen and oxygen atoms in total. The number of rotatable bonds is 8.